The Morgan fingerprint density at radius 3 is 2.53 bits per heavy atom. The van der Waals surface area contributed by atoms with Crippen molar-refractivity contribution < 1.29 is 24.2 Å². The fraction of sp³-hybridized carbons (Fsp3) is 0.926. The van der Waals surface area contributed by atoms with Crippen LogP contribution in [0.1, 0.15) is 91.4 Å². The highest BCUT2D eigenvalue weighted by Crippen LogP contribution is 2.68. The summed E-state index contributed by atoms with van der Waals surface area (Å²) in [5, 5.41) is 10.7. The topological polar surface area (TPSA) is 72.8 Å². The van der Waals surface area contributed by atoms with E-state index in [1.165, 1.54) is 46.1 Å². The summed E-state index contributed by atoms with van der Waals surface area (Å²) >= 11 is 0. The third-order valence-corrected chi connectivity index (χ3v) is 10.7. The number of hydrogen-bond acceptors (Lipinski definition) is 5. The van der Waals surface area contributed by atoms with Crippen molar-refractivity contribution in [3.05, 3.63) is 0 Å². The van der Waals surface area contributed by atoms with Gasteiger partial charge < -0.3 is 14.6 Å². The van der Waals surface area contributed by atoms with E-state index in [0.29, 0.717) is 41.4 Å². The summed E-state index contributed by atoms with van der Waals surface area (Å²) in [6, 6.07) is 0. The van der Waals surface area contributed by atoms with Gasteiger partial charge in [0.25, 0.3) is 0 Å². The monoisotopic (exact) mass is 448 g/mol. The lowest BCUT2D eigenvalue weighted by Crippen LogP contribution is -2.57. The van der Waals surface area contributed by atoms with Crippen LogP contribution < -0.4 is 0 Å². The van der Waals surface area contributed by atoms with Gasteiger partial charge in [-0.3, -0.25) is 9.59 Å². The fourth-order valence-electron chi connectivity index (χ4n) is 9.29. The van der Waals surface area contributed by atoms with Crippen molar-refractivity contribution in [1.82, 2.24) is 0 Å². The summed E-state index contributed by atoms with van der Waals surface area (Å²) in [6.45, 7) is 6.68. The summed E-state index contributed by atoms with van der Waals surface area (Å²) in [5.74, 6) is 3.49. The summed E-state index contributed by atoms with van der Waals surface area (Å²) in [5.41, 5.74) is 0.380. The van der Waals surface area contributed by atoms with Crippen molar-refractivity contribution in [1.29, 1.82) is 0 Å². The van der Waals surface area contributed by atoms with Crippen LogP contribution in [-0.2, 0) is 19.1 Å². The van der Waals surface area contributed by atoms with Crippen molar-refractivity contribution in [2.75, 3.05) is 13.7 Å². The number of rotatable bonds is 6. The van der Waals surface area contributed by atoms with Gasteiger partial charge >= 0.3 is 11.9 Å². The molecular weight excluding hydrogens is 404 g/mol. The molecule has 0 heterocycles. The maximum absolute atomic E-state index is 11.7. The Kier molecular flexibility index (Phi) is 6.96. The molecule has 4 aliphatic carbocycles. The molecule has 0 spiro atoms. The molecule has 0 aromatic rings. The van der Waals surface area contributed by atoms with E-state index < -0.39 is 0 Å². The number of carbonyl (C=O) groups excluding carboxylic acids is 2. The lowest BCUT2D eigenvalue weighted by atomic mass is 9.44. The summed E-state index contributed by atoms with van der Waals surface area (Å²) in [7, 11) is 1.48. The van der Waals surface area contributed by atoms with E-state index >= 15 is 0 Å². The summed E-state index contributed by atoms with van der Waals surface area (Å²) in [6.07, 6.45) is 11.8. The highest BCUT2D eigenvalue weighted by molar-refractivity contribution is 5.69. The van der Waals surface area contributed by atoms with Crippen LogP contribution in [0.3, 0.4) is 0 Å². The third-order valence-electron chi connectivity index (χ3n) is 10.7. The highest BCUT2D eigenvalue weighted by atomic mass is 16.5. The summed E-state index contributed by atoms with van der Waals surface area (Å²) in [4.78, 5) is 23.2. The molecule has 9 atom stereocenters. The number of ether oxygens (including phenoxy) is 2. The van der Waals surface area contributed by atoms with Gasteiger partial charge in [0.2, 0.25) is 0 Å². The Hall–Kier alpha value is -1.10. The fourth-order valence-corrected chi connectivity index (χ4v) is 9.29. The number of aliphatic hydroxyl groups is 1. The van der Waals surface area contributed by atoms with Gasteiger partial charge in [0.1, 0.15) is 6.10 Å². The predicted molar refractivity (Wildman–Crippen MR) is 123 cm³/mol. The van der Waals surface area contributed by atoms with E-state index in [1.807, 2.05) is 0 Å². The van der Waals surface area contributed by atoms with Crippen molar-refractivity contribution >= 4 is 11.9 Å². The maximum Gasteiger partial charge on any atom is 0.305 e. The minimum absolute atomic E-state index is 0.0233. The molecular formula is C27H44O5. The SMILES string of the molecule is COC(=O)CC[C@@H](C)[C@H]1CC[C@H]2[C@@H]3CC[C@@H]4C[C@H](OC(C)=O)CC[C@]4(CO)[C@H]3CC[C@]12C. The average Bonchev–Trinajstić information content (AvgIpc) is 3.13. The van der Waals surface area contributed by atoms with Crippen LogP contribution >= 0.6 is 0 Å². The predicted octanol–water partition coefficient (Wildman–Crippen LogP) is 5.14. The first-order valence-electron chi connectivity index (χ1n) is 13.1. The van der Waals surface area contributed by atoms with E-state index in [4.69, 9.17) is 9.47 Å². The number of carbonyl (C=O) groups is 2. The van der Waals surface area contributed by atoms with E-state index in [-0.39, 0.29) is 30.1 Å². The average molecular weight is 449 g/mol. The molecule has 182 valence electrons. The number of aliphatic hydroxyl groups excluding tert-OH is 1. The number of esters is 2. The largest absolute Gasteiger partial charge is 0.469 e. The van der Waals surface area contributed by atoms with Crippen LogP contribution in [0.25, 0.3) is 0 Å². The Morgan fingerprint density at radius 2 is 1.84 bits per heavy atom. The molecule has 5 nitrogen and oxygen atoms in total. The van der Waals surface area contributed by atoms with Gasteiger partial charge in [-0.1, -0.05) is 13.8 Å². The standard InChI is InChI=1S/C27H44O5/c1-17(5-10-25(30)31-4)22-8-9-23-21-7-6-19-15-20(32-18(2)29)11-14-27(19,16-28)24(21)12-13-26(22,23)3/h17,19-24,28H,5-16H2,1-4H3/t17-,19-,20-,21+,22-,23+,24+,26-,27-/m1/s1. The second-order valence-corrected chi connectivity index (χ2v) is 11.9. The molecule has 1 N–H and O–H groups in total. The smallest absolute Gasteiger partial charge is 0.305 e. The zero-order valence-electron chi connectivity index (χ0n) is 20.6. The van der Waals surface area contributed by atoms with Crippen molar-refractivity contribution in [2.45, 2.75) is 97.5 Å². The van der Waals surface area contributed by atoms with Gasteiger partial charge in [-0.2, -0.15) is 0 Å². The minimum atomic E-state index is -0.174. The third kappa shape index (κ3) is 4.01. The Labute approximate surface area is 194 Å². The zero-order valence-corrected chi connectivity index (χ0v) is 20.6. The first-order valence-corrected chi connectivity index (χ1v) is 13.1. The van der Waals surface area contributed by atoms with E-state index in [1.54, 1.807) is 0 Å². The van der Waals surface area contributed by atoms with Gasteiger partial charge in [-0.05, 0) is 111 Å². The molecule has 4 rings (SSSR count). The highest BCUT2D eigenvalue weighted by Gasteiger charge is 2.62. The second kappa shape index (κ2) is 9.27. The van der Waals surface area contributed by atoms with Gasteiger partial charge in [0.15, 0.2) is 0 Å². The van der Waals surface area contributed by atoms with Gasteiger partial charge in [0, 0.05) is 20.0 Å². The quantitative estimate of drug-likeness (QED) is 0.570. The molecule has 32 heavy (non-hydrogen) atoms. The normalized spacial score (nSPS) is 44.0. The van der Waals surface area contributed by atoms with Crippen LogP contribution in [0.5, 0.6) is 0 Å². The molecule has 0 unspecified atom stereocenters. The first kappa shape index (κ1) is 24.0. The minimum Gasteiger partial charge on any atom is -0.469 e. The number of hydrogen-bond donors (Lipinski definition) is 1. The van der Waals surface area contributed by atoms with Crippen LogP contribution in [0.4, 0.5) is 0 Å². The van der Waals surface area contributed by atoms with E-state index in [2.05, 4.69) is 13.8 Å². The van der Waals surface area contributed by atoms with Crippen LogP contribution in [0.15, 0.2) is 0 Å². The molecule has 0 aliphatic heterocycles. The molecule has 0 aromatic carbocycles. The molecule has 5 heteroatoms. The van der Waals surface area contributed by atoms with Crippen molar-refractivity contribution in [2.24, 2.45) is 46.3 Å². The van der Waals surface area contributed by atoms with Crippen molar-refractivity contribution in [3.63, 3.8) is 0 Å². The molecule has 0 radical (unpaired) electrons. The molecule has 0 bridgehead atoms. The van der Waals surface area contributed by atoms with Gasteiger partial charge in [-0.25, -0.2) is 0 Å². The van der Waals surface area contributed by atoms with Crippen LogP contribution in [-0.4, -0.2) is 36.9 Å². The number of methoxy groups -OCH3 is 1. The van der Waals surface area contributed by atoms with Crippen molar-refractivity contribution in [3.8, 4) is 0 Å². The molecule has 4 aliphatic rings. The van der Waals surface area contributed by atoms with Crippen LogP contribution in [0.2, 0.25) is 0 Å². The molecule has 4 saturated carbocycles. The maximum atomic E-state index is 11.7. The van der Waals surface area contributed by atoms with Gasteiger partial charge in [-0.15, -0.1) is 0 Å². The lowest BCUT2D eigenvalue weighted by molar-refractivity contribution is -0.171. The van der Waals surface area contributed by atoms with E-state index in [9.17, 15) is 14.7 Å². The zero-order chi connectivity index (χ0) is 23.1. The van der Waals surface area contributed by atoms with E-state index in [0.717, 1.165) is 38.0 Å². The van der Waals surface area contributed by atoms with Crippen LogP contribution in [0, 0.1) is 46.3 Å². The Bertz CT molecular complexity index is 706. The molecule has 0 aromatic heterocycles. The summed E-state index contributed by atoms with van der Waals surface area (Å²) < 4.78 is 10.5. The lowest BCUT2D eigenvalue weighted by Gasteiger charge is -2.61. The van der Waals surface area contributed by atoms with Gasteiger partial charge in [0.05, 0.1) is 7.11 Å². The number of fused-ring (bicyclic) bond motifs is 5. The Morgan fingerprint density at radius 1 is 1.06 bits per heavy atom. The molecule has 4 fully saturated rings. The Balaban J connectivity index is 1.48. The molecule has 0 amide bonds. The first-order chi connectivity index (χ1) is 15.2. The second-order valence-electron chi connectivity index (χ2n) is 11.9. The molecule has 0 saturated heterocycles.